The van der Waals surface area contributed by atoms with Gasteiger partial charge in [-0.15, -0.1) is 0 Å². The third kappa shape index (κ3) is 6.31. The molecule has 4 aromatic rings. The molecule has 5 rings (SSSR count). The number of phenolic OH excluding ortho intramolecular Hbond substituents is 3. The molecule has 0 radical (unpaired) electrons. The fourth-order valence-electron chi connectivity index (χ4n) is 4.55. The lowest BCUT2D eigenvalue weighted by atomic mass is 9.99. The van der Waals surface area contributed by atoms with Crippen LogP contribution in [0.4, 0.5) is 0 Å². The summed E-state index contributed by atoms with van der Waals surface area (Å²) in [6.07, 6.45) is -5.71. The number of fused-ring (bicyclic) bond motifs is 1. The molecule has 44 heavy (non-hydrogen) atoms. The van der Waals surface area contributed by atoms with Gasteiger partial charge < -0.3 is 54.0 Å². The third-order valence-electron chi connectivity index (χ3n) is 6.88. The number of carbonyl (C=O) groups excluding carboxylic acids is 1. The number of carbonyl (C=O) groups is 1. The third-order valence-corrected chi connectivity index (χ3v) is 6.88. The minimum Gasteiger partial charge on any atom is -0.508 e. The molecule has 0 bridgehead atoms. The van der Waals surface area contributed by atoms with Crippen LogP contribution in [0.15, 0.2) is 76.0 Å². The molecular formula is C31H28O13. The van der Waals surface area contributed by atoms with Crippen LogP contribution >= 0.6 is 0 Å². The highest BCUT2D eigenvalue weighted by Gasteiger charge is 2.46. The lowest BCUT2D eigenvalue weighted by Gasteiger charge is -2.40. The number of ether oxygens (including phenoxy) is 4. The first-order valence-corrected chi connectivity index (χ1v) is 13.2. The Bertz CT molecular complexity index is 1730. The molecular weight excluding hydrogens is 580 g/mol. The van der Waals surface area contributed by atoms with E-state index in [1.807, 2.05) is 0 Å². The summed E-state index contributed by atoms with van der Waals surface area (Å²) in [6, 6.07) is 14.3. The van der Waals surface area contributed by atoms with E-state index in [-0.39, 0.29) is 39.7 Å². The highest BCUT2D eigenvalue weighted by molar-refractivity contribution is 5.89. The SMILES string of the molecule is COc1c(OC2OC(COC(=O)/C=C/c3ccc(O)cc3)C(O)C(O)C2O)cc2oc(-c3ccc(O)cc3)cc(=O)c2c1O. The quantitative estimate of drug-likeness (QED) is 0.125. The Morgan fingerprint density at radius 1 is 0.909 bits per heavy atom. The van der Waals surface area contributed by atoms with Crippen molar-refractivity contribution in [2.45, 2.75) is 30.7 Å². The Morgan fingerprint density at radius 2 is 1.57 bits per heavy atom. The number of aromatic hydroxyl groups is 3. The fraction of sp³-hybridized carbons (Fsp3) is 0.226. The van der Waals surface area contributed by atoms with Crippen LogP contribution in [0.5, 0.6) is 28.7 Å². The second-order valence-electron chi connectivity index (χ2n) is 9.84. The first-order valence-electron chi connectivity index (χ1n) is 13.2. The zero-order valence-corrected chi connectivity index (χ0v) is 23.1. The van der Waals surface area contributed by atoms with Crippen LogP contribution in [0.3, 0.4) is 0 Å². The predicted octanol–water partition coefficient (Wildman–Crippen LogP) is 2.03. The molecule has 1 fully saturated rings. The highest BCUT2D eigenvalue weighted by Crippen LogP contribution is 2.43. The van der Waals surface area contributed by atoms with Gasteiger partial charge in [0.05, 0.1) is 7.11 Å². The van der Waals surface area contributed by atoms with E-state index >= 15 is 0 Å². The van der Waals surface area contributed by atoms with Crippen molar-refractivity contribution in [3.05, 3.63) is 82.5 Å². The molecule has 1 aromatic heterocycles. The van der Waals surface area contributed by atoms with Gasteiger partial charge in [0.15, 0.2) is 16.9 Å². The molecule has 0 aliphatic carbocycles. The van der Waals surface area contributed by atoms with Gasteiger partial charge in [-0.3, -0.25) is 4.79 Å². The molecule has 230 valence electrons. The smallest absolute Gasteiger partial charge is 0.330 e. The van der Waals surface area contributed by atoms with E-state index in [0.29, 0.717) is 11.1 Å². The van der Waals surface area contributed by atoms with E-state index in [9.17, 15) is 40.2 Å². The predicted molar refractivity (Wildman–Crippen MR) is 153 cm³/mol. The van der Waals surface area contributed by atoms with Gasteiger partial charge in [-0.05, 0) is 48.0 Å². The average molecular weight is 609 g/mol. The van der Waals surface area contributed by atoms with E-state index < -0.39 is 54.5 Å². The topological polar surface area (TPSA) is 206 Å². The second kappa shape index (κ2) is 12.7. The van der Waals surface area contributed by atoms with E-state index in [4.69, 9.17) is 23.4 Å². The molecule has 5 atom stereocenters. The lowest BCUT2D eigenvalue weighted by Crippen LogP contribution is -2.60. The summed E-state index contributed by atoms with van der Waals surface area (Å²) < 4.78 is 27.6. The summed E-state index contributed by atoms with van der Waals surface area (Å²) >= 11 is 0. The molecule has 13 nitrogen and oxygen atoms in total. The molecule has 0 amide bonds. The zero-order chi connectivity index (χ0) is 31.5. The van der Waals surface area contributed by atoms with E-state index in [2.05, 4.69) is 0 Å². The molecule has 3 aromatic carbocycles. The van der Waals surface area contributed by atoms with Crippen LogP contribution < -0.4 is 14.9 Å². The Labute approximate surface area is 249 Å². The molecule has 0 spiro atoms. The summed E-state index contributed by atoms with van der Waals surface area (Å²) in [7, 11) is 1.20. The van der Waals surface area contributed by atoms with Gasteiger partial charge in [0.1, 0.15) is 59.3 Å². The second-order valence-corrected chi connectivity index (χ2v) is 9.84. The van der Waals surface area contributed by atoms with Crippen LogP contribution in [-0.2, 0) is 14.3 Å². The summed E-state index contributed by atoms with van der Waals surface area (Å²) in [4.78, 5) is 25.2. The van der Waals surface area contributed by atoms with Gasteiger partial charge >= 0.3 is 5.97 Å². The summed E-state index contributed by atoms with van der Waals surface area (Å²) in [5.41, 5.74) is 0.341. The minimum atomic E-state index is -1.80. The number of aliphatic hydroxyl groups excluding tert-OH is 3. The van der Waals surface area contributed by atoms with Crippen LogP contribution in [0, 0.1) is 0 Å². The number of phenols is 3. The Morgan fingerprint density at radius 3 is 2.23 bits per heavy atom. The molecule has 1 aliphatic rings. The van der Waals surface area contributed by atoms with Gasteiger partial charge in [0, 0.05) is 23.8 Å². The molecule has 13 heteroatoms. The van der Waals surface area contributed by atoms with E-state index in [1.165, 1.54) is 55.7 Å². The first-order chi connectivity index (χ1) is 21.0. The number of esters is 1. The van der Waals surface area contributed by atoms with Crippen molar-refractivity contribution in [3.8, 4) is 40.1 Å². The van der Waals surface area contributed by atoms with Crippen LogP contribution in [-0.4, -0.2) is 81.0 Å². The Hall–Kier alpha value is -5.08. The van der Waals surface area contributed by atoms with Crippen LogP contribution in [0.2, 0.25) is 0 Å². The monoisotopic (exact) mass is 608 g/mol. The number of methoxy groups -OCH3 is 1. The number of aliphatic hydroxyl groups is 3. The standard InChI is InChI=1S/C31H28O13/c1-40-30-22(13-21-25(27(30)37)19(34)12-20(42-21)16-5-9-18(33)10-6-16)43-31-29(39)28(38)26(36)23(44-31)14-41-24(35)11-4-15-2-7-17(32)8-3-15/h2-13,23,26,28-29,31-33,36-39H,14H2,1H3/b11-4+. The number of hydrogen-bond donors (Lipinski definition) is 6. The van der Waals surface area contributed by atoms with Crippen molar-refractivity contribution in [2.24, 2.45) is 0 Å². The average Bonchev–Trinajstić information content (AvgIpc) is 3.00. The first kappa shape index (κ1) is 30.4. The number of benzene rings is 3. The maximum Gasteiger partial charge on any atom is 0.330 e. The molecule has 6 N–H and O–H groups in total. The molecule has 1 saturated heterocycles. The van der Waals surface area contributed by atoms with Gasteiger partial charge in [-0.25, -0.2) is 4.79 Å². The lowest BCUT2D eigenvalue weighted by molar-refractivity contribution is -0.278. The van der Waals surface area contributed by atoms with E-state index in [0.717, 1.165) is 12.1 Å². The number of rotatable bonds is 8. The van der Waals surface area contributed by atoms with Crippen molar-refractivity contribution < 1.29 is 58.8 Å². The van der Waals surface area contributed by atoms with Gasteiger partial charge in [-0.2, -0.15) is 0 Å². The van der Waals surface area contributed by atoms with Gasteiger partial charge in [0.25, 0.3) is 0 Å². The van der Waals surface area contributed by atoms with Crippen molar-refractivity contribution in [1.29, 1.82) is 0 Å². The molecule has 1 aliphatic heterocycles. The largest absolute Gasteiger partial charge is 0.508 e. The summed E-state index contributed by atoms with van der Waals surface area (Å²) in [5, 5.41) is 61.1. The van der Waals surface area contributed by atoms with Crippen molar-refractivity contribution in [3.63, 3.8) is 0 Å². The van der Waals surface area contributed by atoms with Crippen molar-refractivity contribution in [1.82, 2.24) is 0 Å². The van der Waals surface area contributed by atoms with Crippen LogP contribution in [0.1, 0.15) is 5.56 Å². The highest BCUT2D eigenvalue weighted by atomic mass is 16.7. The Balaban J connectivity index is 1.37. The number of hydrogen-bond acceptors (Lipinski definition) is 13. The summed E-state index contributed by atoms with van der Waals surface area (Å²) in [6.45, 7) is -0.533. The zero-order valence-electron chi connectivity index (χ0n) is 23.1. The maximum absolute atomic E-state index is 12.9. The molecule has 0 saturated carbocycles. The van der Waals surface area contributed by atoms with Gasteiger partial charge in [-0.1, -0.05) is 12.1 Å². The maximum atomic E-state index is 12.9. The van der Waals surface area contributed by atoms with Crippen molar-refractivity contribution in [2.75, 3.05) is 13.7 Å². The molecule has 5 unspecified atom stereocenters. The van der Waals surface area contributed by atoms with Crippen LogP contribution in [0.25, 0.3) is 28.4 Å². The fourth-order valence-corrected chi connectivity index (χ4v) is 4.55. The Kier molecular flexibility index (Phi) is 8.73. The normalized spacial score (nSPS) is 21.8. The van der Waals surface area contributed by atoms with Gasteiger partial charge in [0.2, 0.25) is 12.0 Å². The van der Waals surface area contributed by atoms with E-state index in [1.54, 1.807) is 12.1 Å². The summed E-state index contributed by atoms with van der Waals surface area (Å²) in [5.74, 6) is -1.79. The minimum absolute atomic E-state index is 0.00640. The molecule has 2 heterocycles. The van der Waals surface area contributed by atoms with Crippen molar-refractivity contribution >= 4 is 23.0 Å².